The van der Waals surface area contributed by atoms with Crippen molar-refractivity contribution >= 4 is 17.5 Å². The number of hydrogen-bond donors (Lipinski definition) is 0. The number of amides is 1. The van der Waals surface area contributed by atoms with Gasteiger partial charge in [-0.1, -0.05) is 24.4 Å². The number of benzene rings is 1. The predicted molar refractivity (Wildman–Crippen MR) is 74.4 cm³/mol. The van der Waals surface area contributed by atoms with Crippen LogP contribution in [-0.4, -0.2) is 36.1 Å². The SMILES string of the molecule is O=C(c1cc(Cl)ccc1F)N1CCOC2CCCCC21. The average Bonchev–Trinajstić information content (AvgIpc) is 2.48. The zero-order valence-electron chi connectivity index (χ0n) is 11.1. The molecule has 0 aromatic heterocycles. The van der Waals surface area contributed by atoms with Crippen molar-refractivity contribution in [2.45, 2.75) is 37.8 Å². The van der Waals surface area contributed by atoms with Gasteiger partial charge in [-0.15, -0.1) is 0 Å². The molecule has 0 radical (unpaired) electrons. The number of rotatable bonds is 1. The van der Waals surface area contributed by atoms with Crippen LogP contribution in [0.1, 0.15) is 36.0 Å². The van der Waals surface area contributed by atoms with E-state index in [4.69, 9.17) is 16.3 Å². The molecule has 5 heteroatoms. The van der Waals surface area contributed by atoms with Gasteiger partial charge in [0, 0.05) is 11.6 Å². The first-order valence-electron chi connectivity index (χ1n) is 7.04. The largest absolute Gasteiger partial charge is 0.374 e. The Labute approximate surface area is 122 Å². The number of nitrogens with zero attached hydrogens (tertiary/aromatic N) is 1. The van der Waals surface area contributed by atoms with Crippen molar-refractivity contribution in [1.29, 1.82) is 0 Å². The number of halogens is 2. The van der Waals surface area contributed by atoms with E-state index < -0.39 is 5.82 Å². The van der Waals surface area contributed by atoms with Crippen molar-refractivity contribution in [1.82, 2.24) is 4.90 Å². The average molecular weight is 298 g/mol. The van der Waals surface area contributed by atoms with Gasteiger partial charge in [0.15, 0.2) is 0 Å². The first-order valence-corrected chi connectivity index (χ1v) is 7.42. The topological polar surface area (TPSA) is 29.5 Å². The van der Waals surface area contributed by atoms with E-state index in [9.17, 15) is 9.18 Å². The molecule has 0 bridgehead atoms. The summed E-state index contributed by atoms with van der Waals surface area (Å²) in [4.78, 5) is 14.4. The zero-order valence-corrected chi connectivity index (χ0v) is 11.9. The summed E-state index contributed by atoms with van der Waals surface area (Å²) in [5, 5.41) is 0.378. The molecule has 1 aliphatic heterocycles. The fourth-order valence-corrected chi connectivity index (χ4v) is 3.34. The van der Waals surface area contributed by atoms with Crippen molar-refractivity contribution in [2.75, 3.05) is 13.2 Å². The third-order valence-electron chi connectivity index (χ3n) is 4.15. The number of morpholine rings is 1. The van der Waals surface area contributed by atoms with Crippen molar-refractivity contribution in [3.8, 4) is 0 Å². The lowest BCUT2D eigenvalue weighted by Crippen LogP contribution is -2.54. The summed E-state index contributed by atoms with van der Waals surface area (Å²) in [5.74, 6) is -0.788. The summed E-state index contributed by atoms with van der Waals surface area (Å²) in [6, 6.07) is 4.18. The van der Waals surface area contributed by atoms with Gasteiger partial charge in [0.25, 0.3) is 5.91 Å². The molecule has 1 heterocycles. The number of ether oxygens (including phenoxy) is 1. The summed E-state index contributed by atoms with van der Waals surface area (Å²) >= 11 is 5.88. The van der Waals surface area contributed by atoms with Crippen LogP contribution in [0.15, 0.2) is 18.2 Å². The molecule has 108 valence electrons. The summed E-state index contributed by atoms with van der Waals surface area (Å²) in [7, 11) is 0. The van der Waals surface area contributed by atoms with E-state index in [1.807, 2.05) is 0 Å². The summed E-state index contributed by atoms with van der Waals surface area (Å²) in [6.07, 6.45) is 4.23. The molecule has 20 heavy (non-hydrogen) atoms. The number of carbonyl (C=O) groups is 1. The van der Waals surface area contributed by atoms with Crippen LogP contribution in [0, 0.1) is 5.82 Å². The standard InChI is InChI=1S/C15H17ClFNO2/c16-10-5-6-12(17)11(9-10)15(19)18-7-8-20-14-4-2-1-3-13(14)18/h5-6,9,13-14H,1-4,7-8H2. The van der Waals surface area contributed by atoms with E-state index in [1.54, 1.807) is 4.90 Å². The van der Waals surface area contributed by atoms with E-state index in [0.717, 1.165) is 25.7 Å². The van der Waals surface area contributed by atoms with E-state index in [1.165, 1.54) is 18.2 Å². The first kappa shape index (κ1) is 13.8. The molecule has 1 saturated carbocycles. The fraction of sp³-hybridized carbons (Fsp3) is 0.533. The molecule has 1 saturated heterocycles. The molecule has 1 aromatic rings. The van der Waals surface area contributed by atoms with Gasteiger partial charge in [0.05, 0.1) is 24.3 Å². The second kappa shape index (κ2) is 5.70. The van der Waals surface area contributed by atoms with Crippen molar-refractivity contribution in [3.63, 3.8) is 0 Å². The van der Waals surface area contributed by atoms with E-state index in [2.05, 4.69) is 0 Å². The maximum atomic E-state index is 13.9. The number of fused-ring (bicyclic) bond motifs is 1. The van der Waals surface area contributed by atoms with Crippen LogP contribution in [-0.2, 0) is 4.74 Å². The van der Waals surface area contributed by atoms with Crippen LogP contribution in [0.4, 0.5) is 4.39 Å². The Balaban J connectivity index is 1.87. The van der Waals surface area contributed by atoms with Crippen molar-refractivity contribution in [2.24, 2.45) is 0 Å². The third kappa shape index (κ3) is 2.54. The van der Waals surface area contributed by atoms with E-state index in [-0.39, 0.29) is 23.6 Å². The molecule has 2 aliphatic rings. The predicted octanol–water partition coefficient (Wildman–Crippen LogP) is 3.26. The Kier molecular flexibility index (Phi) is 3.94. The van der Waals surface area contributed by atoms with Crippen molar-refractivity contribution < 1.29 is 13.9 Å². The van der Waals surface area contributed by atoms with Gasteiger partial charge < -0.3 is 9.64 Å². The van der Waals surface area contributed by atoms with Crippen molar-refractivity contribution in [3.05, 3.63) is 34.6 Å². The minimum absolute atomic E-state index is 0.0590. The van der Waals surface area contributed by atoms with Gasteiger partial charge in [0.1, 0.15) is 5.82 Å². The van der Waals surface area contributed by atoms with Crippen LogP contribution in [0.2, 0.25) is 5.02 Å². The highest BCUT2D eigenvalue weighted by Crippen LogP contribution is 2.30. The number of carbonyl (C=O) groups excluding carboxylic acids is 1. The molecule has 1 aliphatic carbocycles. The second-order valence-corrected chi connectivity index (χ2v) is 5.82. The van der Waals surface area contributed by atoms with Crippen LogP contribution in [0.5, 0.6) is 0 Å². The van der Waals surface area contributed by atoms with Gasteiger partial charge in [-0.3, -0.25) is 4.79 Å². The molecule has 3 rings (SSSR count). The Morgan fingerprint density at radius 2 is 2.15 bits per heavy atom. The molecule has 1 aromatic carbocycles. The lowest BCUT2D eigenvalue weighted by Gasteiger charge is -2.43. The molecule has 1 amide bonds. The fourth-order valence-electron chi connectivity index (χ4n) is 3.16. The third-order valence-corrected chi connectivity index (χ3v) is 4.39. The maximum absolute atomic E-state index is 13.9. The normalized spacial score (nSPS) is 26.2. The minimum Gasteiger partial charge on any atom is -0.374 e. The highest BCUT2D eigenvalue weighted by atomic mass is 35.5. The van der Waals surface area contributed by atoms with E-state index in [0.29, 0.717) is 18.2 Å². The lowest BCUT2D eigenvalue weighted by molar-refractivity contribution is -0.0753. The van der Waals surface area contributed by atoms with E-state index >= 15 is 0 Å². The van der Waals surface area contributed by atoms with Gasteiger partial charge in [0.2, 0.25) is 0 Å². The molecule has 2 unspecified atom stereocenters. The van der Waals surface area contributed by atoms with Gasteiger partial charge in [-0.05, 0) is 31.0 Å². The Bertz CT molecular complexity index is 521. The van der Waals surface area contributed by atoms with Gasteiger partial charge >= 0.3 is 0 Å². The minimum atomic E-state index is -0.516. The van der Waals surface area contributed by atoms with Gasteiger partial charge in [-0.2, -0.15) is 0 Å². The summed E-state index contributed by atoms with van der Waals surface area (Å²) < 4.78 is 19.6. The highest BCUT2D eigenvalue weighted by Gasteiger charge is 2.37. The lowest BCUT2D eigenvalue weighted by atomic mass is 9.89. The van der Waals surface area contributed by atoms with Gasteiger partial charge in [-0.25, -0.2) is 4.39 Å². The first-order chi connectivity index (χ1) is 9.66. The molecule has 0 spiro atoms. The Morgan fingerprint density at radius 1 is 1.35 bits per heavy atom. The quantitative estimate of drug-likeness (QED) is 0.796. The smallest absolute Gasteiger partial charge is 0.257 e. The molecular formula is C15H17ClFNO2. The maximum Gasteiger partial charge on any atom is 0.257 e. The summed E-state index contributed by atoms with van der Waals surface area (Å²) in [5.41, 5.74) is 0.0590. The van der Waals surface area contributed by atoms with Crippen LogP contribution in [0.3, 0.4) is 0 Å². The summed E-state index contributed by atoms with van der Waals surface area (Å²) in [6.45, 7) is 1.04. The Hall–Kier alpha value is -1.13. The van der Waals surface area contributed by atoms with Crippen LogP contribution >= 0.6 is 11.6 Å². The molecular weight excluding hydrogens is 281 g/mol. The Morgan fingerprint density at radius 3 is 3.00 bits per heavy atom. The molecule has 0 N–H and O–H groups in total. The second-order valence-electron chi connectivity index (χ2n) is 5.38. The molecule has 2 atom stereocenters. The zero-order chi connectivity index (χ0) is 14.1. The molecule has 2 fully saturated rings. The molecule has 3 nitrogen and oxygen atoms in total. The highest BCUT2D eigenvalue weighted by molar-refractivity contribution is 6.31. The van der Waals surface area contributed by atoms with Crippen LogP contribution in [0.25, 0.3) is 0 Å². The van der Waals surface area contributed by atoms with Crippen LogP contribution < -0.4 is 0 Å². The monoisotopic (exact) mass is 297 g/mol. The number of hydrogen-bond acceptors (Lipinski definition) is 2.